The first-order valence-corrected chi connectivity index (χ1v) is 6.61. The summed E-state index contributed by atoms with van der Waals surface area (Å²) in [6.45, 7) is 2.48. The Kier molecular flexibility index (Phi) is 3.95. The first kappa shape index (κ1) is 12.7. The number of likely N-dealkylation sites (tertiary alicyclic amines) is 1. The molecule has 1 aliphatic heterocycles. The Morgan fingerprint density at radius 2 is 2.18 bits per heavy atom. The van der Waals surface area contributed by atoms with Crippen LogP contribution in [0.25, 0.3) is 0 Å². The molecule has 2 nitrogen and oxygen atoms in total. The predicted octanol–water partition coefficient (Wildman–Crippen LogP) is 3.63. The summed E-state index contributed by atoms with van der Waals surface area (Å²) in [5.41, 5.74) is 1.03. The van der Waals surface area contributed by atoms with E-state index >= 15 is 0 Å². The van der Waals surface area contributed by atoms with Crippen LogP contribution in [-0.4, -0.2) is 22.7 Å². The molecule has 0 bridgehead atoms. The van der Waals surface area contributed by atoms with Crippen molar-refractivity contribution in [3.05, 3.63) is 34.9 Å². The van der Waals surface area contributed by atoms with E-state index in [0.717, 1.165) is 30.0 Å². The van der Waals surface area contributed by atoms with Crippen LogP contribution >= 0.6 is 23.2 Å². The van der Waals surface area contributed by atoms with E-state index in [9.17, 15) is 4.79 Å². The Morgan fingerprint density at radius 3 is 2.82 bits per heavy atom. The Hall–Kier alpha value is -0.730. The highest BCUT2D eigenvalue weighted by Gasteiger charge is 2.32. The van der Waals surface area contributed by atoms with Gasteiger partial charge in [0, 0.05) is 11.6 Å². The van der Waals surface area contributed by atoms with Gasteiger partial charge in [0.05, 0.1) is 6.04 Å². The van der Waals surface area contributed by atoms with Crippen LogP contribution < -0.4 is 0 Å². The lowest BCUT2D eigenvalue weighted by Gasteiger charge is -2.26. The van der Waals surface area contributed by atoms with Crippen molar-refractivity contribution in [2.45, 2.75) is 31.2 Å². The number of alkyl halides is 1. The zero-order chi connectivity index (χ0) is 12.4. The van der Waals surface area contributed by atoms with Gasteiger partial charge >= 0.3 is 0 Å². The molecule has 1 aliphatic rings. The summed E-state index contributed by atoms with van der Waals surface area (Å²) < 4.78 is 0. The van der Waals surface area contributed by atoms with Gasteiger partial charge in [0.2, 0.25) is 5.91 Å². The average Bonchev–Trinajstić information content (AvgIpc) is 2.77. The van der Waals surface area contributed by atoms with Crippen LogP contribution in [0.1, 0.15) is 31.4 Å². The summed E-state index contributed by atoms with van der Waals surface area (Å²) in [5, 5.41) is 0.248. The molecule has 1 aromatic rings. The number of carbonyl (C=O) groups is 1. The van der Waals surface area contributed by atoms with Crippen molar-refractivity contribution in [1.82, 2.24) is 4.90 Å². The maximum Gasteiger partial charge on any atom is 0.240 e. The largest absolute Gasteiger partial charge is 0.334 e. The average molecular weight is 272 g/mol. The van der Waals surface area contributed by atoms with Crippen molar-refractivity contribution < 1.29 is 4.79 Å². The number of rotatable bonds is 2. The minimum atomic E-state index is -0.474. The number of carbonyl (C=O) groups excluding carboxylic acids is 1. The number of amides is 1. The molecule has 1 fully saturated rings. The van der Waals surface area contributed by atoms with Gasteiger partial charge in [-0.05, 0) is 31.4 Å². The monoisotopic (exact) mass is 271 g/mol. The molecule has 0 radical (unpaired) electrons. The molecule has 0 aliphatic carbocycles. The summed E-state index contributed by atoms with van der Waals surface area (Å²) in [6.07, 6.45) is 1.96. The molecule has 4 heteroatoms. The maximum absolute atomic E-state index is 12.0. The molecule has 17 heavy (non-hydrogen) atoms. The van der Waals surface area contributed by atoms with Crippen LogP contribution in [0.15, 0.2) is 24.3 Å². The third-order valence-electron chi connectivity index (χ3n) is 3.14. The number of hydrogen-bond acceptors (Lipinski definition) is 1. The minimum Gasteiger partial charge on any atom is -0.334 e. The van der Waals surface area contributed by atoms with Gasteiger partial charge in [-0.25, -0.2) is 0 Å². The molecule has 1 amide bonds. The van der Waals surface area contributed by atoms with Crippen LogP contribution in [-0.2, 0) is 4.79 Å². The van der Waals surface area contributed by atoms with Gasteiger partial charge in [0.15, 0.2) is 0 Å². The Balaban J connectivity index is 2.26. The molecule has 0 saturated carbocycles. The smallest absolute Gasteiger partial charge is 0.240 e. The van der Waals surface area contributed by atoms with Gasteiger partial charge < -0.3 is 4.90 Å². The second-order valence-corrected chi connectivity index (χ2v) is 5.39. The summed E-state index contributed by atoms with van der Waals surface area (Å²) in [7, 11) is 0. The van der Waals surface area contributed by atoms with E-state index in [1.54, 1.807) is 6.92 Å². The van der Waals surface area contributed by atoms with E-state index in [4.69, 9.17) is 23.2 Å². The topological polar surface area (TPSA) is 20.3 Å². The van der Waals surface area contributed by atoms with Gasteiger partial charge in [-0.2, -0.15) is 0 Å². The highest BCUT2D eigenvalue weighted by atomic mass is 35.5. The first-order valence-electron chi connectivity index (χ1n) is 5.80. The van der Waals surface area contributed by atoms with Gasteiger partial charge in [0.25, 0.3) is 0 Å². The van der Waals surface area contributed by atoms with E-state index in [1.165, 1.54) is 0 Å². The van der Waals surface area contributed by atoms with Crippen molar-refractivity contribution in [2.75, 3.05) is 6.54 Å². The van der Waals surface area contributed by atoms with Crippen LogP contribution in [0.5, 0.6) is 0 Å². The predicted molar refractivity (Wildman–Crippen MR) is 70.5 cm³/mol. The fourth-order valence-corrected chi connectivity index (χ4v) is 2.71. The highest BCUT2D eigenvalue weighted by Crippen LogP contribution is 2.36. The van der Waals surface area contributed by atoms with E-state index in [0.29, 0.717) is 0 Å². The van der Waals surface area contributed by atoms with Crippen molar-refractivity contribution in [3.8, 4) is 0 Å². The molecule has 2 atom stereocenters. The molecule has 2 unspecified atom stereocenters. The lowest BCUT2D eigenvalue weighted by atomic mass is 10.0. The number of benzene rings is 1. The highest BCUT2D eigenvalue weighted by molar-refractivity contribution is 6.31. The normalized spacial score (nSPS) is 21.6. The second kappa shape index (κ2) is 5.28. The SMILES string of the molecule is CC(Cl)C(=O)N1CCCC1c1ccccc1Cl. The third kappa shape index (κ3) is 2.58. The summed E-state index contributed by atoms with van der Waals surface area (Å²) >= 11 is 12.1. The van der Waals surface area contributed by atoms with Crippen LogP contribution in [0.2, 0.25) is 5.02 Å². The maximum atomic E-state index is 12.0. The third-order valence-corrected chi connectivity index (χ3v) is 3.67. The van der Waals surface area contributed by atoms with Gasteiger partial charge in [0.1, 0.15) is 5.38 Å². The van der Waals surface area contributed by atoms with Crippen molar-refractivity contribution >= 4 is 29.1 Å². The van der Waals surface area contributed by atoms with E-state index < -0.39 is 5.38 Å². The van der Waals surface area contributed by atoms with Gasteiger partial charge in [-0.1, -0.05) is 29.8 Å². The molecule has 1 heterocycles. The number of hydrogen-bond donors (Lipinski definition) is 0. The van der Waals surface area contributed by atoms with E-state index in [2.05, 4.69) is 0 Å². The molecule has 0 aromatic heterocycles. The van der Waals surface area contributed by atoms with Crippen LogP contribution in [0.4, 0.5) is 0 Å². The lowest BCUT2D eigenvalue weighted by molar-refractivity contribution is -0.131. The van der Waals surface area contributed by atoms with E-state index in [1.807, 2.05) is 29.2 Å². The molecule has 1 aromatic carbocycles. The second-order valence-electron chi connectivity index (χ2n) is 4.33. The molecular formula is C13H15Cl2NO. The van der Waals surface area contributed by atoms with Crippen molar-refractivity contribution in [2.24, 2.45) is 0 Å². The van der Waals surface area contributed by atoms with Gasteiger partial charge in [-0.15, -0.1) is 11.6 Å². The fraction of sp³-hybridized carbons (Fsp3) is 0.462. The molecular weight excluding hydrogens is 257 g/mol. The van der Waals surface area contributed by atoms with Crippen LogP contribution in [0, 0.1) is 0 Å². The van der Waals surface area contributed by atoms with Crippen molar-refractivity contribution in [3.63, 3.8) is 0 Å². The Morgan fingerprint density at radius 1 is 1.47 bits per heavy atom. The molecule has 2 rings (SSSR count). The molecule has 1 saturated heterocycles. The first-order chi connectivity index (χ1) is 8.11. The zero-order valence-corrected chi connectivity index (χ0v) is 11.2. The summed E-state index contributed by atoms with van der Waals surface area (Å²) in [5.74, 6) is -0.00548. The Bertz CT molecular complexity index is 420. The minimum absolute atomic E-state index is 0.00548. The Labute approximate surface area is 112 Å². The number of nitrogens with zero attached hydrogens (tertiary/aromatic N) is 1. The summed E-state index contributed by atoms with van der Waals surface area (Å²) in [6, 6.07) is 7.78. The van der Waals surface area contributed by atoms with Crippen LogP contribution in [0.3, 0.4) is 0 Å². The molecule has 0 N–H and O–H groups in total. The quantitative estimate of drug-likeness (QED) is 0.753. The van der Waals surface area contributed by atoms with Crippen molar-refractivity contribution in [1.29, 1.82) is 0 Å². The number of halogens is 2. The standard InChI is InChI=1S/C13H15Cl2NO/c1-9(14)13(17)16-8-4-7-12(16)10-5-2-3-6-11(10)15/h2-3,5-6,9,12H,4,7-8H2,1H3. The zero-order valence-electron chi connectivity index (χ0n) is 9.70. The fourth-order valence-electron chi connectivity index (χ4n) is 2.33. The van der Waals surface area contributed by atoms with E-state index in [-0.39, 0.29) is 11.9 Å². The molecule has 0 spiro atoms. The summed E-state index contributed by atoms with van der Waals surface area (Å²) in [4.78, 5) is 13.8. The van der Waals surface area contributed by atoms with Gasteiger partial charge in [-0.3, -0.25) is 4.79 Å². The lowest BCUT2D eigenvalue weighted by Crippen LogP contribution is -2.35. The molecule has 92 valence electrons.